The number of carbonyl (C=O) groups excluding carboxylic acids is 1. The van der Waals surface area contributed by atoms with Crippen molar-refractivity contribution >= 4 is 5.97 Å². The highest BCUT2D eigenvalue weighted by molar-refractivity contribution is 5.76. The van der Waals surface area contributed by atoms with Crippen LogP contribution >= 0.6 is 0 Å². The SMILES string of the molecule is NC(CC1=C=C=C(O)C=C1)C(=O)OCC1=CC=CCC1. The number of aliphatic hydroxyl groups excluding tert-OH is 1. The minimum absolute atomic E-state index is 0.0159. The molecule has 3 N–H and O–H groups in total. The van der Waals surface area contributed by atoms with Crippen LogP contribution in [-0.4, -0.2) is 23.7 Å². The summed E-state index contributed by atoms with van der Waals surface area (Å²) >= 11 is 0. The van der Waals surface area contributed by atoms with Crippen LogP contribution in [0.4, 0.5) is 0 Å². The molecule has 104 valence electrons. The zero-order valence-corrected chi connectivity index (χ0v) is 11.1. The molecule has 4 nitrogen and oxygen atoms in total. The van der Waals surface area contributed by atoms with Crippen molar-refractivity contribution in [3.63, 3.8) is 0 Å². The lowest BCUT2D eigenvalue weighted by Crippen LogP contribution is -2.33. The van der Waals surface area contributed by atoms with Crippen LogP contribution in [0.3, 0.4) is 0 Å². The number of esters is 1. The van der Waals surface area contributed by atoms with Gasteiger partial charge < -0.3 is 15.6 Å². The fourth-order valence-corrected chi connectivity index (χ4v) is 1.89. The number of carbonyl (C=O) groups is 1. The summed E-state index contributed by atoms with van der Waals surface area (Å²) in [7, 11) is 0. The summed E-state index contributed by atoms with van der Waals surface area (Å²) in [5.74, 6) is -0.413. The van der Waals surface area contributed by atoms with Gasteiger partial charge in [0.2, 0.25) is 0 Å². The van der Waals surface area contributed by atoms with Crippen LogP contribution in [0, 0.1) is 0 Å². The summed E-state index contributed by atoms with van der Waals surface area (Å²) in [6.07, 6.45) is 11.4. The summed E-state index contributed by atoms with van der Waals surface area (Å²) in [6, 6.07) is -0.732. The van der Waals surface area contributed by atoms with Gasteiger partial charge in [0.05, 0.1) is 0 Å². The van der Waals surface area contributed by atoms with E-state index in [4.69, 9.17) is 15.6 Å². The molecule has 20 heavy (non-hydrogen) atoms. The molecule has 2 rings (SSSR count). The van der Waals surface area contributed by atoms with Gasteiger partial charge in [0.25, 0.3) is 0 Å². The average molecular weight is 271 g/mol. The van der Waals surface area contributed by atoms with Crippen molar-refractivity contribution in [2.75, 3.05) is 6.61 Å². The van der Waals surface area contributed by atoms with Gasteiger partial charge in [-0.1, -0.05) is 24.0 Å². The first kappa shape index (κ1) is 14.2. The predicted molar refractivity (Wildman–Crippen MR) is 75.8 cm³/mol. The molecule has 0 saturated heterocycles. The summed E-state index contributed by atoms with van der Waals surface area (Å²) < 4.78 is 5.20. The third-order valence-electron chi connectivity index (χ3n) is 3.04. The molecule has 0 aromatic carbocycles. The lowest BCUT2D eigenvalue weighted by Gasteiger charge is -2.13. The zero-order valence-electron chi connectivity index (χ0n) is 11.1. The lowest BCUT2D eigenvalue weighted by atomic mass is 10.1. The highest BCUT2D eigenvalue weighted by Gasteiger charge is 2.17. The van der Waals surface area contributed by atoms with E-state index in [1.54, 1.807) is 6.08 Å². The second kappa shape index (κ2) is 6.78. The van der Waals surface area contributed by atoms with E-state index < -0.39 is 12.0 Å². The number of rotatable bonds is 5. The largest absolute Gasteiger partial charge is 0.501 e. The Morgan fingerprint density at radius 2 is 2.30 bits per heavy atom. The highest BCUT2D eigenvalue weighted by Crippen LogP contribution is 2.13. The Bertz CT molecular complexity index is 583. The standard InChI is InChI=1S/C16H17NO3/c17-15(10-12-6-8-14(18)9-7-12)16(19)20-11-13-4-2-1-3-5-13/h1-2,4,6,8,15,18H,3,5,10-11,17H2. The third-order valence-corrected chi connectivity index (χ3v) is 3.04. The van der Waals surface area contributed by atoms with Gasteiger partial charge in [0.1, 0.15) is 12.6 Å². The molecular weight excluding hydrogens is 254 g/mol. The fraction of sp³-hybridized carbons (Fsp3) is 0.312. The molecule has 0 amide bonds. The molecule has 0 saturated carbocycles. The number of hydrogen-bond acceptors (Lipinski definition) is 4. The molecule has 4 heteroatoms. The highest BCUT2D eigenvalue weighted by atomic mass is 16.5. The average Bonchev–Trinajstić information content (AvgIpc) is 2.48. The smallest absolute Gasteiger partial charge is 0.323 e. The zero-order chi connectivity index (χ0) is 14.4. The van der Waals surface area contributed by atoms with E-state index in [1.165, 1.54) is 6.08 Å². The number of allylic oxidation sites excluding steroid dienone is 5. The molecule has 2 aliphatic rings. The number of hydrogen-bond donors (Lipinski definition) is 2. The van der Waals surface area contributed by atoms with Gasteiger partial charge in [-0.3, -0.25) is 4.79 Å². The van der Waals surface area contributed by atoms with E-state index in [9.17, 15) is 4.79 Å². The maximum Gasteiger partial charge on any atom is 0.323 e. The summed E-state index contributed by atoms with van der Waals surface area (Å²) in [5, 5.41) is 9.11. The third kappa shape index (κ3) is 4.15. The number of aliphatic hydroxyl groups is 1. The predicted octanol–water partition coefficient (Wildman–Crippen LogP) is 2.22. The van der Waals surface area contributed by atoms with Gasteiger partial charge >= 0.3 is 5.97 Å². The van der Waals surface area contributed by atoms with Gasteiger partial charge in [-0.05, 0) is 36.3 Å². The summed E-state index contributed by atoms with van der Waals surface area (Å²) in [4.78, 5) is 11.8. The second-order valence-corrected chi connectivity index (χ2v) is 4.70. The quantitative estimate of drug-likeness (QED) is 0.594. The molecule has 0 bridgehead atoms. The first-order valence-electron chi connectivity index (χ1n) is 6.54. The normalized spacial score (nSPS) is 18.1. The van der Waals surface area contributed by atoms with Crippen molar-refractivity contribution in [3.05, 3.63) is 58.7 Å². The Morgan fingerprint density at radius 3 is 2.95 bits per heavy atom. The molecule has 0 fully saturated rings. The molecule has 0 aromatic heterocycles. The first-order chi connectivity index (χ1) is 9.65. The summed E-state index contributed by atoms with van der Waals surface area (Å²) in [6.45, 7) is 0.294. The maximum absolute atomic E-state index is 11.8. The Morgan fingerprint density at radius 1 is 1.45 bits per heavy atom. The van der Waals surface area contributed by atoms with Crippen LogP contribution < -0.4 is 5.73 Å². The Labute approximate surface area is 117 Å². The van der Waals surface area contributed by atoms with Gasteiger partial charge in [-0.25, -0.2) is 0 Å². The van der Waals surface area contributed by atoms with E-state index in [0.29, 0.717) is 18.6 Å². The monoisotopic (exact) mass is 271 g/mol. The second-order valence-electron chi connectivity index (χ2n) is 4.70. The van der Waals surface area contributed by atoms with Crippen LogP contribution in [0.15, 0.2) is 58.7 Å². The lowest BCUT2D eigenvalue weighted by molar-refractivity contribution is -0.144. The van der Waals surface area contributed by atoms with E-state index in [1.807, 2.05) is 12.2 Å². The van der Waals surface area contributed by atoms with Gasteiger partial charge in [0, 0.05) is 12.0 Å². The van der Waals surface area contributed by atoms with Crippen molar-refractivity contribution in [1.82, 2.24) is 0 Å². The summed E-state index contributed by atoms with van der Waals surface area (Å²) in [5.41, 5.74) is 12.9. The van der Waals surface area contributed by atoms with E-state index in [2.05, 4.69) is 17.5 Å². The fourth-order valence-electron chi connectivity index (χ4n) is 1.89. The molecule has 1 unspecified atom stereocenters. The van der Waals surface area contributed by atoms with Crippen LogP contribution in [0.1, 0.15) is 19.3 Å². The molecule has 0 aromatic rings. The number of ether oxygens (including phenoxy) is 1. The molecule has 0 heterocycles. The molecule has 1 atom stereocenters. The maximum atomic E-state index is 11.8. The van der Waals surface area contributed by atoms with Gasteiger partial charge in [0.15, 0.2) is 5.76 Å². The van der Waals surface area contributed by atoms with Crippen molar-refractivity contribution in [3.8, 4) is 0 Å². The molecular formula is C16H17NO3. The van der Waals surface area contributed by atoms with Crippen molar-refractivity contribution in [2.45, 2.75) is 25.3 Å². The van der Waals surface area contributed by atoms with Crippen LogP contribution in [0.5, 0.6) is 0 Å². The van der Waals surface area contributed by atoms with Crippen LogP contribution in [0.2, 0.25) is 0 Å². The minimum Gasteiger partial charge on any atom is -0.501 e. The van der Waals surface area contributed by atoms with Crippen molar-refractivity contribution in [1.29, 1.82) is 0 Å². The molecule has 0 aliphatic heterocycles. The van der Waals surface area contributed by atoms with Gasteiger partial charge in [-0.15, -0.1) is 0 Å². The molecule has 2 aliphatic carbocycles. The van der Waals surface area contributed by atoms with Crippen LogP contribution in [0.25, 0.3) is 0 Å². The Kier molecular flexibility index (Phi) is 4.80. The van der Waals surface area contributed by atoms with E-state index in [0.717, 1.165) is 18.4 Å². The van der Waals surface area contributed by atoms with E-state index in [-0.39, 0.29) is 5.76 Å². The van der Waals surface area contributed by atoms with Gasteiger partial charge in [-0.2, -0.15) is 0 Å². The first-order valence-corrected chi connectivity index (χ1v) is 6.54. The Balaban J connectivity index is 1.84. The van der Waals surface area contributed by atoms with E-state index >= 15 is 0 Å². The van der Waals surface area contributed by atoms with Crippen molar-refractivity contribution in [2.24, 2.45) is 5.73 Å². The van der Waals surface area contributed by atoms with Crippen LogP contribution in [-0.2, 0) is 9.53 Å². The molecule has 0 radical (unpaired) electrons. The Hall–Kier alpha value is -2.25. The topological polar surface area (TPSA) is 72.5 Å². The van der Waals surface area contributed by atoms with Crippen molar-refractivity contribution < 1.29 is 14.6 Å². The minimum atomic E-state index is -0.732. The number of nitrogens with two attached hydrogens (primary N) is 1. The molecule has 0 spiro atoms.